The van der Waals surface area contributed by atoms with Crippen molar-refractivity contribution in [2.24, 2.45) is 5.73 Å². The monoisotopic (exact) mass is 236 g/mol. The summed E-state index contributed by atoms with van der Waals surface area (Å²) in [6, 6.07) is 0. The Morgan fingerprint density at radius 1 is 1.47 bits per heavy atom. The molecular formula is C12H20N4O. The minimum Gasteiger partial charge on any atom is -0.354 e. The summed E-state index contributed by atoms with van der Waals surface area (Å²) in [5.74, 6) is -0.00304. The second kappa shape index (κ2) is 5.31. The predicted octanol–water partition coefficient (Wildman–Crippen LogP) is 0.730. The SMILES string of the molecule is NC1(C(=O)NCCc2cnc[nH]2)CCCCC1. The normalized spacial score (nSPS) is 18.9. The van der Waals surface area contributed by atoms with Gasteiger partial charge in [-0.25, -0.2) is 4.98 Å². The Balaban J connectivity index is 1.76. The summed E-state index contributed by atoms with van der Waals surface area (Å²) in [6.45, 7) is 0.611. The molecule has 4 N–H and O–H groups in total. The summed E-state index contributed by atoms with van der Waals surface area (Å²) in [5.41, 5.74) is 6.52. The Morgan fingerprint density at radius 2 is 2.24 bits per heavy atom. The Morgan fingerprint density at radius 3 is 2.88 bits per heavy atom. The van der Waals surface area contributed by atoms with E-state index in [1.807, 2.05) is 0 Å². The van der Waals surface area contributed by atoms with Gasteiger partial charge in [0, 0.05) is 24.9 Å². The van der Waals surface area contributed by atoms with Gasteiger partial charge in [-0.2, -0.15) is 0 Å². The molecule has 0 bridgehead atoms. The average Bonchev–Trinajstić information content (AvgIpc) is 2.83. The fourth-order valence-electron chi connectivity index (χ4n) is 2.32. The molecule has 0 saturated heterocycles. The Labute approximate surface area is 101 Å². The molecular weight excluding hydrogens is 216 g/mol. The molecule has 0 radical (unpaired) electrons. The zero-order valence-corrected chi connectivity index (χ0v) is 10.0. The molecule has 0 aliphatic heterocycles. The summed E-state index contributed by atoms with van der Waals surface area (Å²) in [6.07, 6.45) is 9.11. The van der Waals surface area contributed by atoms with Gasteiger partial charge in [-0.1, -0.05) is 19.3 Å². The standard InChI is InChI=1S/C12H20N4O/c13-12(5-2-1-3-6-12)11(17)15-7-4-10-8-14-9-16-10/h8-9H,1-7,13H2,(H,14,16)(H,15,17). The van der Waals surface area contributed by atoms with Crippen molar-refractivity contribution in [2.75, 3.05) is 6.54 Å². The van der Waals surface area contributed by atoms with Crippen LogP contribution in [-0.4, -0.2) is 28.0 Å². The van der Waals surface area contributed by atoms with E-state index in [1.165, 1.54) is 6.42 Å². The van der Waals surface area contributed by atoms with Crippen LogP contribution >= 0.6 is 0 Å². The van der Waals surface area contributed by atoms with Gasteiger partial charge in [0.15, 0.2) is 0 Å². The van der Waals surface area contributed by atoms with E-state index in [-0.39, 0.29) is 5.91 Å². The van der Waals surface area contributed by atoms with E-state index in [0.29, 0.717) is 6.54 Å². The maximum atomic E-state index is 12.0. The fourth-order valence-corrected chi connectivity index (χ4v) is 2.32. The maximum absolute atomic E-state index is 12.0. The lowest BCUT2D eigenvalue weighted by Gasteiger charge is -2.31. The van der Waals surface area contributed by atoms with Crippen LogP contribution in [0.4, 0.5) is 0 Å². The highest BCUT2D eigenvalue weighted by molar-refractivity contribution is 5.86. The second-order valence-electron chi connectivity index (χ2n) is 4.80. The van der Waals surface area contributed by atoms with Crippen molar-refractivity contribution >= 4 is 5.91 Å². The Bertz CT molecular complexity index is 355. The van der Waals surface area contributed by atoms with E-state index in [9.17, 15) is 4.79 Å². The molecule has 1 saturated carbocycles. The molecule has 2 rings (SSSR count). The quantitative estimate of drug-likeness (QED) is 0.720. The lowest BCUT2D eigenvalue weighted by molar-refractivity contribution is -0.127. The first-order valence-corrected chi connectivity index (χ1v) is 6.25. The first kappa shape index (κ1) is 12.1. The van der Waals surface area contributed by atoms with Gasteiger partial charge < -0.3 is 16.0 Å². The first-order valence-electron chi connectivity index (χ1n) is 6.25. The van der Waals surface area contributed by atoms with Crippen LogP contribution < -0.4 is 11.1 Å². The second-order valence-corrected chi connectivity index (χ2v) is 4.80. The number of rotatable bonds is 4. The molecule has 5 nitrogen and oxygen atoms in total. The van der Waals surface area contributed by atoms with Gasteiger partial charge in [0.2, 0.25) is 5.91 Å². The third-order valence-corrected chi connectivity index (χ3v) is 3.43. The van der Waals surface area contributed by atoms with Crippen molar-refractivity contribution in [3.05, 3.63) is 18.2 Å². The largest absolute Gasteiger partial charge is 0.354 e. The number of H-pyrrole nitrogens is 1. The summed E-state index contributed by atoms with van der Waals surface area (Å²) in [4.78, 5) is 18.9. The van der Waals surface area contributed by atoms with Crippen LogP contribution in [0.25, 0.3) is 0 Å². The van der Waals surface area contributed by atoms with Crippen molar-refractivity contribution in [3.8, 4) is 0 Å². The van der Waals surface area contributed by atoms with Gasteiger partial charge in [0.05, 0.1) is 11.9 Å². The summed E-state index contributed by atoms with van der Waals surface area (Å²) < 4.78 is 0. The third kappa shape index (κ3) is 3.06. The number of nitrogens with two attached hydrogens (primary N) is 1. The van der Waals surface area contributed by atoms with Crippen LogP contribution in [-0.2, 0) is 11.2 Å². The molecule has 1 aliphatic carbocycles. The Hall–Kier alpha value is -1.36. The number of aromatic amines is 1. The molecule has 5 heteroatoms. The molecule has 0 unspecified atom stereocenters. The fraction of sp³-hybridized carbons (Fsp3) is 0.667. The molecule has 0 atom stereocenters. The minimum atomic E-state index is -0.633. The lowest BCUT2D eigenvalue weighted by Crippen LogP contribution is -2.55. The number of nitrogens with one attached hydrogen (secondary N) is 2. The number of carbonyl (C=O) groups excluding carboxylic acids is 1. The highest BCUT2D eigenvalue weighted by Gasteiger charge is 2.34. The number of aromatic nitrogens is 2. The van der Waals surface area contributed by atoms with Crippen molar-refractivity contribution in [2.45, 2.75) is 44.1 Å². The van der Waals surface area contributed by atoms with Gasteiger partial charge in [-0.05, 0) is 12.8 Å². The molecule has 1 aromatic heterocycles. The molecule has 94 valence electrons. The van der Waals surface area contributed by atoms with E-state index in [0.717, 1.165) is 37.8 Å². The zero-order valence-electron chi connectivity index (χ0n) is 10.0. The van der Waals surface area contributed by atoms with Crippen molar-refractivity contribution in [3.63, 3.8) is 0 Å². The van der Waals surface area contributed by atoms with Crippen LogP contribution in [0, 0.1) is 0 Å². The molecule has 0 aromatic carbocycles. The highest BCUT2D eigenvalue weighted by Crippen LogP contribution is 2.25. The zero-order chi connectivity index (χ0) is 12.1. The van der Waals surface area contributed by atoms with Gasteiger partial charge in [-0.3, -0.25) is 4.79 Å². The molecule has 17 heavy (non-hydrogen) atoms. The highest BCUT2D eigenvalue weighted by atomic mass is 16.2. The van der Waals surface area contributed by atoms with Crippen molar-refractivity contribution in [1.82, 2.24) is 15.3 Å². The van der Waals surface area contributed by atoms with E-state index < -0.39 is 5.54 Å². The van der Waals surface area contributed by atoms with Crippen LogP contribution in [0.15, 0.2) is 12.5 Å². The first-order chi connectivity index (χ1) is 8.21. The minimum absolute atomic E-state index is 0.00304. The average molecular weight is 236 g/mol. The summed E-state index contributed by atoms with van der Waals surface area (Å²) in [7, 11) is 0. The van der Waals surface area contributed by atoms with Crippen LogP contribution in [0.3, 0.4) is 0 Å². The van der Waals surface area contributed by atoms with Crippen LogP contribution in [0.1, 0.15) is 37.8 Å². The third-order valence-electron chi connectivity index (χ3n) is 3.43. The van der Waals surface area contributed by atoms with Crippen LogP contribution in [0.2, 0.25) is 0 Å². The lowest BCUT2D eigenvalue weighted by atomic mass is 9.82. The molecule has 1 heterocycles. The molecule has 1 fully saturated rings. The number of imidazole rings is 1. The molecule has 1 aliphatic rings. The predicted molar refractivity (Wildman–Crippen MR) is 65.3 cm³/mol. The molecule has 0 spiro atoms. The number of hydrogen-bond acceptors (Lipinski definition) is 3. The van der Waals surface area contributed by atoms with Gasteiger partial charge in [-0.15, -0.1) is 0 Å². The van der Waals surface area contributed by atoms with Crippen molar-refractivity contribution in [1.29, 1.82) is 0 Å². The van der Waals surface area contributed by atoms with E-state index in [1.54, 1.807) is 12.5 Å². The van der Waals surface area contributed by atoms with E-state index in [2.05, 4.69) is 15.3 Å². The number of amides is 1. The Kier molecular flexibility index (Phi) is 3.78. The maximum Gasteiger partial charge on any atom is 0.240 e. The topological polar surface area (TPSA) is 83.8 Å². The summed E-state index contributed by atoms with van der Waals surface area (Å²) >= 11 is 0. The number of nitrogens with zero attached hydrogens (tertiary/aromatic N) is 1. The number of carbonyl (C=O) groups is 1. The van der Waals surface area contributed by atoms with Crippen molar-refractivity contribution < 1.29 is 4.79 Å². The van der Waals surface area contributed by atoms with Gasteiger partial charge in [0.25, 0.3) is 0 Å². The molecule has 1 aromatic rings. The van der Waals surface area contributed by atoms with Gasteiger partial charge in [0.1, 0.15) is 0 Å². The molecule has 1 amide bonds. The summed E-state index contributed by atoms with van der Waals surface area (Å²) in [5, 5.41) is 2.92. The smallest absolute Gasteiger partial charge is 0.240 e. The van der Waals surface area contributed by atoms with E-state index in [4.69, 9.17) is 5.73 Å². The number of hydrogen-bond donors (Lipinski definition) is 3. The van der Waals surface area contributed by atoms with Gasteiger partial charge >= 0.3 is 0 Å². The van der Waals surface area contributed by atoms with Crippen LogP contribution in [0.5, 0.6) is 0 Å². The van der Waals surface area contributed by atoms with E-state index >= 15 is 0 Å².